The van der Waals surface area contributed by atoms with Crippen LogP contribution in [0.1, 0.15) is 29.9 Å². The van der Waals surface area contributed by atoms with Crippen LogP contribution in [0.3, 0.4) is 0 Å². The van der Waals surface area contributed by atoms with Crippen molar-refractivity contribution in [3.05, 3.63) is 29.3 Å². The van der Waals surface area contributed by atoms with Crippen LogP contribution in [0, 0.1) is 6.92 Å². The van der Waals surface area contributed by atoms with Gasteiger partial charge in [0.25, 0.3) is 0 Å². The summed E-state index contributed by atoms with van der Waals surface area (Å²) >= 11 is 0. The van der Waals surface area contributed by atoms with Gasteiger partial charge in [0.1, 0.15) is 5.75 Å². The Morgan fingerprint density at radius 2 is 2.14 bits per heavy atom. The van der Waals surface area contributed by atoms with Gasteiger partial charge in [-0.25, -0.2) is 0 Å². The van der Waals surface area contributed by atoms with Crippen LogP contribution < -0.4 is 10.5 Å². The Hall–Kier alpha value is -1.02. The second-order valence-electron chi connectivity index (χ2n) is 4.07. The van der Waals surface area contributed by atoms with Crippen LogP contribution in [0.15, 0.2) is 18.2 Å². The molecule has 0 saturated heterocycles. The molecular weight excluding hydrogens is 174 g/mol. The molecule has 1 aliphatic carbocycles. The highest BCUT2D eigenvalue weighted by Crippen LogP contribution is 2.37. The van der Waals surface area contributed by atoms with Crippen molar-refractivity contribution in [1.29, 1.82) is 0 Å². The van der Waals surface area contributed by atoms with Gasteiger partial charge < -0.3 is 10.5 Å². The van der Waals surface area contributed by atoms with Crippen LogP contribution in [0.5, 0.6) is 5.75 Å². The first kappa shape index (κ1) is 9.53. The van der Waals surface area contributed by atoms with E-state index in [1.807, 2.05) is 6.07 Å². The van der Waals surface area contributed by atoms with Gasteiger partial charge in [-0.2, -0.15) is 0 Å². The Morgan fingerprint density at radius 1 is 1.36 bits per heavy atom. The topological polar surface area (TPSA) is 35.2 Å². The predicted molar refractivity (Wildman–Crippen MR) is 57.7 cm³/mol. The molecule has 1 aromatic rings. The van der Waals surface area contributed by atoms with E-state index in [-0.39, 0.29) is 0 Å². The second kappa shape index (κ2) is 3.62. The largest absolute Gasteiger partial charge is 0.497 e. The molecule has 0 radical (unpaired) electrons. The zero-order chi connectivity index (χ0) is 10.1. The van der Waals surface area contributed by atoms with Crippen LogP contribution in [-0.2, 0) is 0 Å². The third-order valence-electron chi connectivity index (χ3n) is 3.20. The summed E-state index contributed by atoms with van der Waals surface area (Å²) in [6, 6.07) is 6.62. The average Bonchev–Trinajstić information content (AvgIpc) is 2.18. The van der Waals surface area contributed by atoms with E-state index in [1.165, 1.54) is 17.5 Å². The van der Waals surface area contributed by atoms with E-state index in [2.05, 4.69) is 19.1 Å². The van der Waals surface area contributed by atoms with E-state index in [0.717, 1.165) is 12.2 Å². The number of methoxy groups -OCH3 is 1. The SMILES string of the molecule is COc1ccc(C2CCC2N)c(C)c1. The molecule has 2 N–H and O–H groups in total. The number of benzene rings is 1. The lowest BCUT2D eigenvalue weighted by Crippen LogP contribution is -2.37. The van der Waals surface area contributed by atoms with Crippen molar-refractivity contribution < 1.29 is 4.74 Å². The maximum atomic E-state index is 5.96. The minimum Gasteiger partial charge on any atom is -0.497 e. The van der Waals surface area contributed by atoms with Crippen molar-refractivity contribution in [2.75, 3.05) is 7.11 Å². The number of ether oxygens (including phenoxy) is 1. The number of hydrogen-bond donors (Lipinski definition) is 1. The average molecular weight is 191 g/mol. The highest BCUT2D eigenvalue weighted by molar-refractivity contribution is 5.38. The molecule has 14 heavy (non-hydrogen) atoms. The lowest BCUT2D eigenvalue weighted by atomic mass is 9.74. The van der Waals surface area contributed by atoms with Crippen molar-refractivity contribution in [3.8, 4) is 5.75 Å². The molecule has 0 bridgehead atoms. The van der Waals surface area contributed by atoms with Gasteiger partial charge in [-0.15, -0.1) is 0 Å². The molecule has 0 spiro atoms. The van der Waals surface area contributed by atoms with Crippen molar-refractivity contribution in [2.45, 2.75) is 31.7 Å². The molecule has 1 fully saturated rings. The summed E-state index contributed by atoms with van der Waals surface area (Å²) in [7, 11) is 1.70. The fraction of sp³-hybridized carbons (Fsp3) is 0.500. The molecule has 2 rings (SSSR count). The number of hydrogen-bond acceptors (Lipinski definition) is 2. The van der Waals surface area contributed by atoms with Crippen LogP contribution >= 0.6 is 0 Å². The van der Waals surface area contributed by atoms with E-state index < -0.39 is 0 Å². The van der Waals surface area contributed by atoms with Crippen molar-refractivity contribution in [1.82, 2.24) is 0 Å². The van der Waals surface area contributed by atoms with Crippen LogP contribution in [0.25, 0.3) is 0 Å². The molecular formula is C12H17NO. The quantitative estimate of drug-likeness (QED) is 0.777. The van der Waals surface area contributed by atoms with Gasteiger partial charge >= 0.3 is 0 Å². The minimum atomic E-state index is 0.363. The number of rotatable bonds is 2. The van der Waals surface area contributed by atoms with Crippen LogP contribution in [0.4, 0.5) is 0 Å². The fourth-order valence-electron chi connectivity index (χ4n) is 2.10. The van der Waals surface area contributed by atoms with Gasteiger partial charge in [-0.1, -0.05) is 6.07 Å². The third kappa shape index (κ3) is 1.50. The standard InChI is InChI=1S/C12H17NO/c1-8-7-9(14-2)3-4-10(8)11-5-6-12(11)13/h3-4,7,11-12H,5-6,13H2,1-2H3. The molecule has 2 heteroatoms. The number of aryl methyl sites for hydroxylation is 1. The van der Waals surface area contributed by atoms with E-state index in [0.29, 0.717) is 12.0 Å². The van der Waals surface area contributed by atoms with Crippen molar-refractivity contribution in [3.63, 3.8) is 0 Å². The summed E-state index contributed by atoms with van der Waals surface area (Å²) in [5.41, 5.74) is 8.65. The van der Waals surface area contributed by atoms with E-state index >= 15 is 0 Å². The first-order valence-corrected chi connectivity index (χ1v) is 5.12. The van der Waals surface area contributed by atoms with Gasteiger partial charge in [-0.3, -0.25) is 0 Å². The maximum absolute atomic E-state index is 5.96. The Labute approximate surface area is 85.1 Å². The highest BCUT2D eigenvalue weighted by atomic mass is 16.5. The van der Waals surface area contributed by atoms with Gasteiger partial charge in [0.2, 0.25) is 0 Å². The molecule has 0 aliphatic heterocycles. The predicted octanol–water partition coefficient (Wildman–Crippen LogP) is 2.21. The Kier molecular flexibility index (Phi) is 2.46. The van der Waals surface area contributed by atoms with Crippen LogP contribution in [0.2, 0.25) is 0 Å². The smallest absolute Gasteiger partial charge is 0.119 e. The fourth-order valence-corrected chi connectivity index (χ4v) is 2.10. The lowest BCUT2D eigenvalue weighted by molar-refractivity contribution is 0.345. The minimum absolute atomic E-state index is 0.363. The Bertz CT molecular complexity index is 335. The molecule has 1 aromatic carbocycles. The molecule has 0 amide bonds. The zero-order valence-electron chi connectivity index (χ0n) is 8.79. The second-order valence-corrected chi connectivity index (χ2v) is 4.07. The summed E-state index contributed by atoms with van der Waals surface area (Å²) in [6.45, 7) is 2.13. The summed E-state index contributed by atoms with van der Waals surface area (Å²) in [5, 5.41) is 0. The molecule has 1 saturated carbocycles. The van der Waals surface area contributed by atoms with Gasteiger partial charge in [0, 0.05) is 6.04 Å². The molecule has 76 valence electrons. The van der Waals surface area contributed by atoms with Crippen molar-refractivity contribution >= 4 is 0 Å². The Morgan fingerprint density at radius 3 is 2.57 bits per heavy atom. The van der Waals surface area contributed by atoms with Crippen LogP contribution in [-0.4, -0.2) is 13.2 Å². The molecule has 2 unspecified atom stereocenters. The molecule has 0 aromatic heterocycles. The van der Waals surface area contributed by atoms with Crippen molar-refractivity contribution in [2.24, 2.45) is 5.73 Å². The summed E-state index contributed by atoms with van der Waals surface area (Å²) in [5.74, 6) is 1.50. The van der Waals surface area contributed by atoms with Gasteiger partial charge in [0.15, 0.2) is 0 Å². The van der Waals surface area contributed by atoms with E-state index in [4.69, 9.17) is 10.5 Å². The third-order valence-corrected chi connectivity index (χ3v) is 3.20. The summed E-state index contributed by atoms with van der Waals surface area (Å²) < 4.78 is 5.18. The van der Waals surface area contributed by atoms with E-state index in [9.17, 15) is 0 Å². The normalized spacial score (nSPS) is 25.6. The summed E-state index contributed by atoms with van der Waals surface area (Å²) in [4.78, 5) is 0. The lowest BCUT2D eigenvalue weighted by Gasteiger charge is -2.35. The monoisotopic (exact) mass is 191 g/mol. The molecule has 1 aliphatic rings. The number of nitrogens with two attached hydrogens (primary N) is 1. The Balaban J connectivity index is 2.26. The first-order valence-electron chi connectivity index (χ1n) is 5.12. The summed E-state index contributed by atoms with van der Waals surface area (Å²) in [6.07, 6.45) is 2.39. The molecule has 0 heterocycles. The first-order chi connectivity index (χ1) is 6.72. The van der Waals surface area contributed by atoms with Gasteiger partial charge in [-0.05, 0) is 48.9 Å². The zero-order valence-corrected chi connectivity index (χ0v) is 8.79. The highest BCUT2D eigenvalue weighted by Gasteiger charge is 2.29. The van der Waals surface area contributed by atoms with Gasteiger partial charge in [0.05, 0.1) is 7.11 Å². The molecule has 2 nitrogen and oxygen atoms in total. The van der Waals surface area contributed by atoms with E-state index in [1.54, 1.807) is 7.11 Å². The maximum Gasteiger partial charge on any atom is 0.119 e. The molecule has 2 atom stereocenters.